The molecule has 0 saturated heterocycles. The van der Waals surface area contributed by atoms with Gasteiger partial charge in [0, 0.05) is 0 Å². The van der Waals surface area contributed by atoms with E-state index in [-0.39, 0.29) is 0 Å². The highest BCUT2D eigenvalue weighted by molar-refractivity contribution is 5.73. The van der Waals surface area contributed by atoms with E-state index in [0.717, 1.165) is 75.3 Å². The van der Waals surface area contributed by atoms with Crippen LogP contribution in [0.3, 0.4) is 0 Å². The Morgan fingerprint density at radius 1 is 0.677 bits per heavy atom. The largest absolute Gasteiger partial charge is 0.507 e. The Labute approximate surface area is 187 Å². The van der Waals surface area contributed by atoms with Gasteiger partial charge in [-0.25, -0.2) is 0 Å². The molecule has 0 saturated carbocycles. The lowest BCUT2D eigenvalue weighted by atomic mass is 9.87. The molecule has 176 valence electrons. The summed E-state index contributed by atoms with van der Waals surface area (Å²) in [4.78, 5) is 22.3. The van der Waals surface area contributed by atoms with E-state index in [1.807, 2.05) is 18.2 Å². The molecule has 0 aromatic heterocycles. The number of carboxylic acids is 2. The molecular formula is C26H42O5. The average Bonchev–Trinajstić information content (AvgIpc) is 2.69. The number of phenols is 1. The zero-order chi connectivity index (χ0) is 23.5. The maximum Gasteiger partial charge on any atom is 0.309 e. The zero-order valence-electron chi connectivity index (χ0n) is 19.9. The number of hydrogen-bond donors (Lipinski definition) is 3. The number of para-hydroxylation sites is 1. The lowest BCUT2D eigenvalue weighted by Crippen LogP contribution is -2.23. The van der Waals surface area contributed by atoms with Gasteiger partial charge in [-0.2, -0.15) is 0 Å². The molecule has 31 heavy (non-hydrogen) atoms. The van der Waals surface area contributed by atoms with E-state index in [1.54, 1.807) is 27.7 Å². The standard InChI is InChI=1S/C26H42O5/c1-25(2,23(28)29)18-11-7-5-9-14-20-16-13-17-21(22(20)27)15-10-6-8-12-19-26(3,4)24(30)31/h13,16-17,27H,5-12,14-15,18-19H2,1-4H3,(H,28,29)(H,30,31). The number of hydrogen-bond acceptors (Lipinski definition) is 3. The van der Waals surface area contributed by atoms with Gasteiger partial charge >= 0.3 is 11.9 Å². The summed E-state index contributed by atoms with van der Waals surface area (Å²) < 4.78 is 0. The van der Waals surface area contributed by atoms with Crippen LogP contribution in [-0.4, -0.2) is 27.3 Å². The van der Waals surface area contributed by atoms with E-state index < -0.39 is 22.8 Å². The van der Waals surface area contributed by atoms with Crippen LogP contribution in [-0.2, 0) is 22.4 Å². The Morgan fingerprint density at radius 3 is 1.39 bits per heavy atom. The van der Waals surface area contributed by atoms with Crippen molar-refractivity contribution in [3.8, 4) is 5.75 Å². The lowest BCUT2D eigenvalue weighted by Gasteiger charge is -2.18. The van der Waals surface area contributed by atoms with Crippen molar-refractivity contribution in [2.45, 2.75) is 105 Å². The Kier molecular flexibility index (Phi) is 11.1. The smallest absolute Gasteiger partial charge is 0.309 e. The van der Waals surface area contributed by atoms with Gasteiger partial charge in [0.15, 0.2) is 0 Å². The van der Waals surface area contributed by atoms with Gasteiger partial charge in [0.05, 0.1) is 10.8 Å². The summed E-state index contributed by atoms with van der Waals surface area (Å²) in [5.41, 5.74) is 0.677. The molecule has 0 unspecified atom stereocenters. The van der Waals surface area contributed by atoms with Crippen molar-refractivity contribution in [2.75, 3.05) is 0 Å². The van der Waals surface area contributed by atoms with Gasteiger partial charge in [0.1, 0.15) is 5.75 Å². The topological polar surface area (TPSA) is 94.8 Å². The predicted octanol–water partition coefficient (Wildman–Crippen LogP) is 6.60. The SMILES string of the molecule is CC(C)(CCCCCCc1cccc(CCCCCCC(C)(C)C(=O)O)c1O)C(=O)O. The average molecular weight is 435 g/mol. The van der Waals surface area contributed by atoms with Crippen molar-refractivity contribution >= 4 is 11.9 Å². The number of aromatic hydroxyl groups is 1. The summed E-state index contributed by atoms with van der Waals surface area (Å²) >= 11 is 0. The summed E-state index contributed by atoms with van der Waals surface area (Å²) in [6.45, 7) is 7.09. The molecule has 1 aromatic carbocycles. The zero-order valence-corrected chi connectivity index (χ0v) is 19.9. The van der Waals surface area contributed by atoms with Crippen LogP contribution in [0.2, 0.25) is 0 Å². The molecule has 3 N–H and O–H groups in total. The van der Waals surface area contributed by atoms with E-state index in [1.165, 1.54) is 0 Å². The Balaban J connectivity index is 2.30. The van der Waals surface area contributed by atoms with Crippen LogP contribution >= 0.6 is 0 Å². The summed E-state index contributed by atoms with van der Waals surface area (Å²) in [7, 11) is 0. The summed E-state index contributed by atoms with van der Waals surface area (Å²) in [5, 5.41) is 28.9. The second-order valence-electron chi connectivity index (χ2n) is 10.1. The quantitative estimate of drug-likeness (QED) is 0.255. The third-order valence-corrected chi connectivity index (χ3v) is 6.36. The minimum absolute atomic E-state index is 0.418. The van der Waals surface area contributed by atoms with E-state index in [4.69, 9.17) is 10.2 Å². The second kappa shape index (κ2) is 12.7. The monoisotopic (exact) mass is 434 g/mol. The third kappa shape index (κ3) is 9.75. The van der Waals surface area contributed by atoms with Crippen LogP contribution in [0.1, 0.15) is 103 Å². The molecule has 1 aromatic rings. The summed E-state index contributed by atoms with van der Waals surface area (Å²) in [5.74, 6) is -1.06. The molecule has 5 nitrogen and oxygen atoms in total. The Morgan fingerprint density at radius 2 is 1.03 bits per heavy atom. The number of rotatable bonds is 16. The molecule has 0 aliphatic carbocycles. The molecule has 1 rings (SSSR count). The van der Waals surface area contributed by atoms with Gasteiger partial charge in [0.2, 0.25) is 0 Å². The van der Waals surface area contributed by atoms with Gasteiger partial charge in [-0.15, -0.1) is 0 Å². The van der Waals surface area contributed by atoms with Gasteiger partial charge in [-0.1, -0.05) is 56.7 Å². The first kappa shape index (κ1) is 27.0. The van der Waals surface area contributed by atoms with E-state index in [0.29, 0.717) is 18.6 Å². The molecule has 0 amide bonds. The van der Waals surface area contributed by atoms with Crippen molar-refractivity contribution < 1.29 is 24.9 Å². The van der Waals surface area contributed by atoms with Crippen LogP contribution in [0.5, 0.6) is 5.75 Å². The second-order valence-corrected chi connectivity index (χ2v) is 10.1. The predicted molar refractivity (Wildman–Crippen MR) is 125 cm³/mol. The van der Waals surface area contributed by atoms with Gasteiger partial charge < -0.3 is 15.3 Å². The third-order valence-electron chi connectivity index (χ3n) is 6.36. The minimum atomic E-state index is -0.738. The van der Waals surface area contributed by atoms with Crippen LogP contribution in [0.15, 0.2) is 18.2 Å². The number of aryl methyl sites for hydroxylation is 2. The lowest BCUT2D eigenvalue weighted by molar-refractivity contribution is -0.148. The highest BCUT2D eigenvalue weighted by atomic mass is 16.4. The number of aliphatic carboxylic acids is 2. The maximum absolute atomic E-state index is 11.1. The van der Waals surface area contributed by atoms with E-state index in [9.17, 15) is 14.7 Å². The molecule has 0 heterocycles. The highest BCUT2D eigenvalue weighted by Gasteiger charge is 2.26. The normalized spacial score (nSPS) is 12.1. The fourth-order valence-electron chi connectivity index (χ4n) is 3.73. The van der Waals surface area contributed by atoms with Crippen molar-refractivity contribution in [1.82, 2.24) is 0 Å². The van der Waals surface area contributed by atoms with Crippen LogP contribution in [0.4, 0.5) is 0 Å². The molecule has 0 atom stereocenters. The first-order valence-electron chi connectivity index (χ1n) is 11.7. The van der Waals surface area contributed by atoms with Crippen molar-refractivity contribution in [1.29, 1.82) is 0 Å². The van der Waals surface area contributed by atoms with Crippen molar-refractivity contribution in [2.24, 2.45) is 10.8 Å². The van der Waals surface area contributed by atoms with E-state index >= 15 is 0 Å². The number of phenolic OH excluding ortho intramolecular Hbond substituents is 1. The van der Waals surface area contributed by atoms with Crippen LogP contribution in [0, 0.1) is 10.8 Å². The summed E-state index contributed by atoms with van der Waals surface area (Å²) in [6.07, 6.45) is 11.0. The Hall–Kier alpha value is -2.04. The van der Waals surface area contributed by atoms with Crippen LogP contribution < -0.4 is 0 Å². The maximum atomic E-state index is 11.1. The fourth-order valence-corrected chi connectivity index (χ4v) is 3.73. The number of carboxylic acid groups (broad SMARTS) is 2. The molecule has 0 aliphatic rings. The molecule has 0 fully saturated rings. The van der Waals surface area contributed by atoms with Crippen molar-refractivity contribution in [3.63, 3.8) is 0 Å². The molecule has 0 spiro atoms. The first-order valence-corrected chi connectivity index (χ1v) is 11.7. The highest BCUT2D eigenvalue weighted by Crippen LogP contribution is 2.28. The molecule has 0 radical (unpaired) electrons. The van der Waals surface area contributed by atoms with Gasteiger partial charge in [-0.05, 0) is 77.3 Å². The number of unbranched alkanes of at least 4 members (excludes halogenated alkanes) is 6. The van der Waals surface area contributed by atoms with E-state index in [2.05, 4.69) is 0 Å². The van der Waals surface area contributed by atoms with Gasteiger partial charge in [0.25, 0.3) is 0 Å². The molecular weight excluding hydrogens is 392 g/mol. The molecule has 5 heteroatoms. The minimum Gasteiger partial charge on any atom is -0.507 e. The fraction of sp³-hybridized carbons (Fsp3) is 0.692. The first-order chi connectivity index (χ1) is 14.5. The number of carbonyl (C=O) groups is 2. The summed E-state index contributed by atoms with van der Waals surface area (Å²) in [6, 6.07) is 5.98. The molecule has 0 aliphatic heterocycles. The Bertz CT molecular complexity index is 649. The van der Waals surface area contributed by atoms with Crippen molar-refractivity contribution in [3.05, 3.63) is 29.3 Å². The van der Waals surface area contributed by atoms with Gasteiger partial charge in [-0.3, -0.25) is 9.59 Å². The van der Waals surface area contributed by atoms with Crippen LogP contribution in [0.25, 0.3) is 0 Å². The molecule has 0 bridgehead atoms. The number of benzene rings is 1.